The van der Waals surface area contributed by atoms with E-state index in [1.165, 1.54) is 30.0 Å². The van der Waals surface area contributed by atoms with Gasteiger partial charge in [0, 0.05) is 23.3 Å². The van der Waals surface area contributed by atoms with Gasteiger partial charge in [-0.05, 0) is 36.4 Å². The molecule has 1 aromatic heterocycles. The number of nitrogens with zero attached hydrogens (tertiary/aromatic N) is 3. The minimum atomic E-state index is -3.87. The van der Waals surface area contributed by atoms with Gasteiger partial charge < -0.3 is 15.5 Å². The second-order valence-electron chi connectivity index (χ2n) is 6.64. The fourth-order valence-electron chi connectivity index (χ4n) is 2.88. The largest absolute Gasteiger partial charge is 0.338 e. The van der Waals surface area contributed by atoms with Crippen molar-refractivity contribution in [1.82, 2.24) is 9.97 Å². The lowest BCUT2D eigenvalue weighted by atomic mass is 10.2. The zero-order valence-electron chi connectivity index (χ0n) is 16.2. The fourth-order valence-corrected chi connectivity index (χ4v) is 4.42. The van der Waals surface area contributed by atoms with Crippen LogP contribution in [0.2, 0.25) is 0 Å². The number of anilines is 5. The molecule has 0 aliphatic carbocycles. The first kappa shape index (κ1) is 21.0. The molecule has 9 nitrogen and oxygen atoms in total. The zero-order chi connectivity index (χ0) is 22.2. The lowest BCUT2D eigenvalue weighted by Gasteiger charge is -2.25. The number of amides is 1. The van der Waals surface area contributed by atoms with E-state index in [-0.39, 0.29) is 22.6 Å². The molecule has 4 rings (SSSR count). The second-order valence-corrected chi connectivity index (χ2v) is 9.22. The van der Waals surface area contributed by atoms with Crippen LogP contribution in [0.15, 0.2) is 58.5 Å². The predicted molar refractivity (Wildman–Crippen MR) is 117 cm³/mol. The number of benzene rings is 2. The molecule has 2 heterocycles. The third kappa shape index (κ3) is 4.60. The number of aromatic nitrogens is 2. The van der Waals surface area contributed by atoms with Gasteiger partial charge in [-0.3, -0.25) is 4.79 Å². The monoisotopic (exact) mass is 460 g/mol. The van der Waals surface area contributed by atoms with Gasteiger partial charge in [0.15, 0.2) is 11.6 Å². The summed E-state index contributed by atoms with van der Waals surface area (Å²) in [5.41, 5.74) is 1.63. The van der Waals surface area contributed by atoms with Gasteiger partial charge in [0.05, 0.1) is 22.5 Å². The number of thioether (sulfide) groups is 1. The van der Waals surface area contributed by atoms with E-state index >= 15 is 0 Å². The number of carbonyl (C=O) groups is 1. The van der Waals surface area contributed by atoms with Crippen LogP contribution in [0.25, 0.3) is 0 Å². The summed E-state index contributed by atoms with van der Waals surface area (Å²) in [4.78, 5) is 22.4. The van der Waals surface area contributed by atoms with Crippen LogP contribution in [0.4, 0.5) is 33.2 Å². The Bertz CT molecular complexity index is 1290. The minimum Gasteiger partial charge on any atom is -0.338 e. The highest BCUT2D eigenvalue weighted by molar-refractivity contribution is 8.00. The average molecular weight is 461 g/mol. The van der Waals surface area contributed by atoms with Crippen LogP contribution in [-0.2, 0) is 14.8 Å². The Labute approximate surface area is 181 Å². The summed E-state index contributed by atoms with van der Waals surface area (Å²) in [5.74, 6) is -0.358. The molecular weight excluding hydrogens is 443 g/mol. The van der Waals surface area contributed by atoms with Gasteiger partial charge in [0.1, 0.15) is 0 Å². The van der Waals surface area contributed by atoms with E-state index in [2.05, 4.69) is 20.6 Å². The summed E-state index contributed by atoms with van der Waals surface area (Å²) in [7, 11) is -2.18. The molecule has 1 aliphatic heterocycles. The number of rotatable bonds is 5. The van der Waals surface area contributed by atoms with E-state index in [4.69, 9.17) is 5.14 Å². The molecule has 0 saturated carbocycles. The lowest BCUT2D eigenvalue weighted by molar-refractivity contribution is -0.116. The minimum absolute atomic E-state index is 0.0175. The average Bonchev–Trinajstić information content (AvgIpc) is 2.73. The molecule has 0 atom stereocenters. The van der Waals surface area contributed by atoms with Crippen LogP contribution >= 0.6 is 11.8 Å². The van der Waals surface area contributed by atoms with Crippen LogP contribution in [0.3, 0.4) is 0 Å². The standard InChI is InChI=1S/C19H17FN6O3S2/c1-26-15-8-12(5-6-16(15)30-10-17(26)27)23-18-14(20)9-22-19(25-18)24-11-3-2-4-13(7-11)31(21,28)29/h2-9H,10H2,1H3,(H2,21,28,29)(H2,22,23,24,25). The lowest BCUT2D eigenvalue weighted by Crippen LogP contribution is -2.31. The maximum absolute atomic E-state index is 14.3. The van der Waals surface area contributed by atoms with Gasteiger partial charge in [-0.25, -0.2) is 22.9 Å². The van der Waals surface area contributed by atoms with E-state index < -0.39 is 15.8 Å². The number of hydrogen-bond donors (Lipinski definition) is 3. The van der Waals surface area contributed by atoms with Gasteiger partial charge in [0.2, 0.25) is 21.9 Å². The van der Waals surface area contributed by atoms with Crippen molar-refractivity contribution in [3.8, 4) is 0 Å². The van der Waals surface area contributed by atoms with Crippen LogP contribution in [0.5, 0.6) is 0 Å². The first-order valence-electron chi connectivity index (χ1n) is 8.93. The Morgan fingerprint density at radius 2 is 1.94 bits per heavy atom. The predicted octanol–water partition coefficient (Wildman–Crippen LogP) is 2.82. The van der Waals surface area contributed by atoms with Crippen molar-refractivity contribution in [2.75, 3.05) is 28.3 Å². The highest BCUT2D eigenvalue weighted by atomic mass is 32.2. The van der Waals surface area contributed by atoms with Crippen molar-refractivity contribution in [3.63, 3.8) is 0 Å². The Hall–Kier alpha value is -3.22. The third-order valence-corrected chi connectivity index (χ3v) is 6.43. The second kappa shape index (κ2) is 8.13. The van der Waals surface area contributed by atoms with Gasteiger partial charge in [-0.2, -0.15) is 4.98 Å². The Balaban J connectivity index is 1.59. The number of primary sulfonamides is 1. The summed E-state index contributed by atoms with van der Waals surface area (Å²) >= 11 is 1.44. The van der Waals surface area contributed by atoms with Crippen LogP contribution in [0, 0.1) is 5.82 Å². The maximum Gasteiger partial charge on any atom is 0.238 e. The Morgan fingerprint density at radius 1 is 1.16 bits per heavy atom. The smallest absolute Gasteiger partial charge is 0.238 e. The summed E-state index contributed by atoms with van der Waals surface area (Å²) in [6, 6.07) is 11.1. The topological polar surface area (TPSA) is 130 Å². The van der Waals surface area contributed by atoms with E-state index in [1.807, 2.05) is 6.07 Å². The molecule has 1 amide bonds. The van der Waals surface area contributed by atoms with E-state index in [9.17, 15) is 17.6 Å². The van der Waals surface area contributed by atoms with Crippen molar-refractivity contribution in [3.05, 3.63) is 54.5 Å². The molecule has 3 aromatic rings. The molecule has 1 aliphatic rings. The van der Waals surface area contributed by atoms with Gasteiger partial charge in [-0.15, -0.1) is 11.8 Å². The number of carbonyl (C=O) groups excluding carboxylic acids is 1. The SMILES string of the molecule is CN1C(=O)CSc2ccc(Nc3nc(Nc4cccc(S(N)(=O)=O)c4)ncc3F)cc21. The molecule has 0 radical (unpaired) electrons. The van der Waals surface area contributed by atoms with Crippen LogP contribution < -0.4 is 20.7 Å². The molecule has 31 heavy (non-hydrogen) atoms. The quantitative estimate of drug-likeness (QED) is 0.530. The molecule has 160 valence electrons. The Kier molecular flexibility index (Phi) is 5.52. The first-order chi connectivity index (χ1) is 14.7. The third-order valence-electron chi connectivity index (χ3n) is 4.47. The molecule has 0 unspecified atom stereocenters. The molecule has 0 spiro atoms. The molecule has 4 N–H and O–H groups in total. The molecule has 0 fully saturated rings. The molecule has 0 bridgehead atoms. The van der Waals surface area contributed by atoms with Crippen molar-refractivity contribution in [2.24, 2.45) is 5.14 Å². The normalized spacial score (nSPS) is 13.6. The van der Waals surface area contributed by atoms with Gasteiger partial charge in [0.25, 0.3) is 0 Å². The highest BCUT2D eigenvalue weighted by Gasteiger charge is 2.22. The van der Waals surface area contributed by atoms with E-state index in [0.717, 1.165) is 16.8 Å². The summed E-state index contributed by atoms with van der Waals surface area (Å²) in [6.07, 6.45) is 0.991. The van der Waals surface area contributed by atoms with Crippen molar-refractivity contribution in [1.29, 1.82) is 0 Å². The van der Waals surface area contributed by atoms with E-state index in [0.29, 0.717) is 17.1 Å². The number of nitrogens with two attached hydrogens (primary N) is 1. The molecular formula is C19H17FN6O3S2. The zero-order valence-corrected chi connectivity index (χ0v) is 17.8. The summed E-state index contributed by atoms with van der Waals surface area (Å²) < 4.78 is 37.3. The number of halogens is 1. The molecule has 2 aromatic carbocycles. The van der Waals surface area contributed by atoms with Crippen LogP contribution in [-0.4, -0.2) is 37.1 Å². The van der Waals surface area contributed by atoms with E-state index in [1.54, 1.807) is 30.1 Å². The van der Waals surface area contributed by atoms with Crippen molar-refractivity contribution < 1.29 is 17.6 Å². The summed E-state index contributed by atoms with van der Waals surface area (Å²) in [6.45, 7) is 0. The number of sulfonamides is 1. The van der Waals surface area contributed by atoms with Gasteiger partial charge >= 0.3 is 0 Å². The maximum atomic E-state index is 14.3. The number of nitrogens with one attached hydrogen (secondary N) is 2. The summed E-state index contributed by atoms with van der Waals surface area (Å²) in [5, 5.41) is 10.9. The highest BCUT2D eigenvalue weighted by Crippen LogP contribution is 2.37. The van der Waals surface area contributed by atoms with Gasteiger partial charge in [-0.1, -0.05) is 6.07 Å². The van der Waals surface area contributed by atoms with Crippen LogP contribution in [0.1, 0.15) is 0 Å². The van der Waals surface area contributed by atoms with Crippen molar-refractivity contribution in [2.45, 2.75) is 9.79 Å². The number of fused-ring (bicyclic) bond motifs is 1. The Morgan fingerprint density at radius 3 is 2.71 bits per heavy atom. The first-order valence-corrected chi connectivity index (χ1v) is 11.5. The number of hydrogen-bond acceptors (Lipinski definition) is 8. The van der Waals surface area contributed by atoms with Crippen molar-refractivity contribution >= 4 is 56.5 Å². The fraction of sp³-hybridized carbons (Fsp3) is 0.105. The molecule has 12 heteroatoms. The molecule has 0 saturated heterocycles.